The zero-order valence-corrected chi connectivity index (χ0v) is 21.1. The molecule has 11 nitrogen and oxygen atoms in total. The average molecular weight is 528 g/mol. The van der Waals surface area contributed by atoms with Crippen molar-refractivity contribution in [2.24, 2.45) is 0 Å². The van der Waals surface area contributed by atoms with Crippen LogP contribution in [0.5, 0.6) is 0 Å². The highest BCUT2D eigenvalue weighted by molar-refractivity contribution is 6.32. The second-order valence-electron chi connectivity index (χ2n) is 9.36. The van der Waals surface area contributed by atoms with Crippen molar-refractivity contribution in [3.63, 3.8) is 0 Å². The molecule has 0 saturated carbocycles. The normalized spacial score (nSPS) is 15.8. The zero-order valence-electron chi connectivity index (χ0n) is 21.1. The van der Waals surface area contributed by atoms with Crippen LogP contribution in [0, 0.1) is 0 Å². The van der Waals surface area contributed by atoms with Gasteiger partial charge in [0.2, 0.25) is 0 Å². The fourth-order valence-corrected chi connectivity index (χ4v) is 4.80. The van der Waals surface area contributed by atoms with Crippen molar-refractivity contribution in [3.05, 3.63) is 58.7 Å². The van der Waals surface area contributed by atoms with Crippen molar-refractivity contribution in [3.8, 4) is 0 Å². The molecule has 3 heterocycles. The molecule has 4 N–H and O–H groups in total. The average Bonchev–Trinajstić information content (AvgIpc) is 3.18. The van der Waals surface area contributed by atoms with E-state index in [0.29, 0.717) is 11.1 Å². The van der Waals surface area contributed by atoms with Crippen LogP contribution in [-0.2, 0) is 25.7 Å². The number of carbonyl (C=O) groups excluding carboxylic acids is 6. The summed E-state index contributed by atoms with van der Waals surface area (Å²) in [5, 5.41) is 9.95. The lowest BCUT2D eigenvalue weighted by Gasteiger charge is -2.14. The molecule has 0 atom stereocenters. The number of hydrogen-bond donors (Lipinski definition) is 4. The maximum atomic E-state index is 12.2. The molecule has 2 aromatic carbocycles. The summed E-state index contributed by atoms with van der Waals surface area (Å²) in [4.78, 5) is 71.7. The summed E-state index contributed by atoms with van der Waals surface area (Å²) in [5.74, 6) is -3.12. The first-order chi connectivity index (χ1) is 18.7. The molecule has 2 aliphatic heterocycles. The number of hydrogen-bond acceptors (Lipinski definition) is 6. The van der Waals surface area contributed by atoms with E-state index in [1.807, 2.05) is 24.3 Å². The summed E-state index contributed by atoms with van der Waals surface area (Å²) < 4.78 is 2.20. The predicted octanol–water partition coefficient (Wildman–Crippen LogP) is 2.87. The molecular weight excluding hydrogens is 502 g/mol. The number of amides is 8. The molecule has 3 aromatic rings. The molecule has 2 saturated heterocycles. The van der Waals surface area contributed by atoms with Gasteiger partial charge in [-0.1, -0.05) is 38.3 Å². The number of barbiturate groups is 2. The van der Waals surface area contributed by atoms with Crippen LogP contribution >= 0.6 is 0 Å². The van der Waals surface area contributed by atoms with Crippen LogP contribution < -0.4 is 21.3 Å². The van der Waals surface area contributed by atoms with Crippen LogP contribution in [0.15, 0.2) is 47.5 Å². The van der Waals surface area contributed by atoms with Crippen molar-refractivity contribution in [2.45, 2.75) is 39.2 Å². The van der Waals surface area contributed by atoms with Gasteiger partial charge in [0.25, 0.3) is 23.6 Å². The molecule has 0 bridgehead atoms. The van der Waals surface area contributed by atoms with Gasteiger partial charge in [-0.25, -0.2) is 9.59 Å². The van der Waals surface area contributed by atoms with Crippen molar-refractivity contribution in [1.29, 1.82) is 0 Å². The van der Waals surface area contributed by atoms with E-state index >= 15 is 0 Å². The van der Waals surface area contributed by atoms with Crippen LogP contribution in [0.2, 0.25) is 0 Å². The Morgan fingerprint density at radius 1 is 0.615 bits per heavy atom. The SMILES string of the molecule is CCCCCCn1c2ccc(C=C3C(=O)NC(=O)NC3=O)cc2c2cc(C=C3C(=O)NC(=O)NC3=O)ccc21. The molecule has 198 valence electrons. The Kier molecular flexibility index (Phi) is 6.80. The van der Waals surface area contributed by atoms with E-state index in [4.69, 9.17) is 0 Å². The third-order valence-corrected chi connectivity index (χ3v) is 6.66. The van der Waals surface area contributed by atoms with Gasteiger partial charge in [-0.15, -0.1) is 0 Å². The number of fused-ring (bicyclic) bond motifs is 3. The maximum Gasteiger partial charge on any atom is 0.328 e. The number of rotatable bonds is 7. The smallest absolute Gasteiger partial charge is 0.328 e. The van der Waals surface area contributed by atoms with E-state index in [9.17, 15) is 28.8 Å². The van der Waals surface area contributed by atoms with Crippen molar-refractivity contribution in [1.82, 2.24) is 25.8 Å². The van der Waals surface area contributed by atoms with Crippen LogP contribution in [0.4, 0.5) is 9.59 Å². The van der Waals surface area contributed by atoms with Crippen molar-refractivity contribution in [2.75, 3.05) is 0 Å². The van der Waals surface area contributed by atoms with Crippen LogP contribution in [0.25, 0.3) is 34.0 Å². The van der Waals surface area contributed by atoms with Gasteiger partial charge in [-0.3, -0.25) is 40.4 Å². The minimum atomic E-state index is -0.866. The Balaban J connectivity index is 1.61. The molecule has 1 aromatic heterocycles. The van der Waals surface area contributed by atoms with Crippen molar-refractivity contribution >= 4 is 69.6 Å². The number of aromatic nitrogens is 1. The summed E-state index contributed by atoms with van der Waals surface area (Å²) >= 11 is 0. The number of nitrogens with zero attached hydrogens (tertiary/aromatic N) is 1. The van der Waals surface area contributed by atoms with Gasteiger partial charge in [0.05, 0.1) is 0 Å². The third kappa shape index (κ3) is 5.06. The largest absolute Gasteiger partial charge is 0.340 e. The number of carbonyl (C=O) groups is 6. The van der Waals surface area contributed by atoms with Gasteiger partial charge in [0, 0.05) is 28.4 Å². The lowest BCUT2D eigenvalue weighted by Crippen LogP contribution is -2.51. The summed E-state index contributed by atoms with van der Waals surface area (Å²) in [6, 6.07) is 9.38. The third-order valence-electron chi connectivity index (χ3n) is 6.66. The number of benzene rings is 2. The quantitative estimate of drug-likeness (QED) is 0.210. The topological polar surface area (TPSA) is 155 Å². The Bertz CT molecular complexity index is 1500. The summed E-state index contributed by atoms with van der Waals surface area (Å²) in [5.41, 5.74) is 2.67. The van der Waals surface area contributed by atoms with Crippen LogP contribution in [-0.4, -0.2) is 40.3 Å². The standard InChI is InChI=1S/C28H25N5O6/c1-2-3-4-5-10-33-21-8-6-15(13-19-23(34)29-27(38)30-24(19)35)11-17(21)18-12-16(7-9-22(18)33)14-20-25(36)31-28(39)32-26(20)37/h6-9,11-14H,2-5,10H2,1H3,(H2,29,30,34,35,38)(H2,31,32,36,37,39). The first kappa shape index (κ1) is 25.6. The Morgan fingerprint density at radius 2 is 1.05 bits per heavy atom. The first-order valence-electron chi connectivity index (χ1n) is 12.6. The molecule has 2 fully saturated rings. The summed E-state index contributed by atoms with van der Waals surface area (Å²) in [7, 11) is 0. The highest BCUT2D eigenvalue weighted by atomic mass is 16.2. The lowest BCUT2D eigenvalue weighted by molar-refractivity contribution is -0.125. The molecule has 5 rings (SSSR count). The fraction of sp³-hybridized carbons (Fsp3) is 0.214. The zero-order chi connectivity index (χ0) is 27.7. The Hall–Kier alpha value is -5.06. The monoisotopic (exact) mass is 527 g/mol. The highest BCUT2D eigenvalue weighted by Crippen LogP contribution is 2.32. The summed E-state index contributed by atoms with van der Waals surface area (Å²) in [6.07, 6.45) is 7.14. The molecule has 0 radical (unpaired) electrons. The Morgan fingerprint density at radius 3 is 1.46 bits per heavy atom. The van der Waals surface area contributed by atoms with Gasteiger partial charge in [-0.05, 0) is 54.0 Å². The molecular formula is C28H25N5O6. The van der Waals surface area contributed by atoms with E-state index < -0.39 is 35.7 Å². The van der Waals surface area contributed by atoms with Crippen LogP contribution in [0.3, 0.4) is 0 Å². The maximum absolute atomic E-state index is 12.2. The first-order valence-corrected chi connectivity index (χ1v) is 12.6. The van der Waals surface area contributed by atoms with E-state index in [1.54, 1.807) is 12.1 Å². The fourth-order valence-electron chi connectivity index (χ4n) is 4.80. The number of aryl methyl sites for hydroxylation is 1. The lowest BCUT2D eigenvalue weighted by atomic mass is 10.0. The van der Waals surface area contributed by atoms with Gasteiger partial charge in [0.15, 0.2) is 0 Å². The van der Waals surface area contributed by atoms with E-state index in [1.165, 1.54) is 12.2 Å². The minimum absolute atomic E-state index is 0.188. The van der Waals surface area contributed by atoms with Gasteiger partial charge >= 0.3 is 12.1 Å². The van der Waals surface area contributed by atoms with E-state index in [2.05, 4.69) is 32.8 Å². The van der Waals surface area contributed by atoms with E-state index in [0.717, 1.165) is 54.0 Å². The number of imide groups is 4. The highest BCUT2D eigenvalue weighted by Gasteiger charge is 2.29. The molecule has 39 heavy (non-hydrogen) atoms. The van der Waals surface area contributed by atoms with Crippen molar-refractivity contribution < 1.29 is 28.8 Å². The van der Waals surface area contributed by atoms with Crippen LogP contribution in [0.1, 0.15) is 43.7 Å². The number of nitrogens with one attached hydrogen (secondary N) is 4. The van der Waals surface area contributed by atoms with Gasteiger partial charge in [0.1, 0.15) is 11.1 Å². The molecule has 0 spiro atoms. The van der Waals surface area contributed by atoms with Gasteiger partial charge in [-0.2, -0.15) is 0 Å². The second kappa shape index (κ2) is 10.4. The molecule has 0 aliphatic carbocycles. The number of unbranched alkanes of at least 4 members (excludes halogenated alkanes) is 3. The molecule has 8 amide bonds. The molecule has 0 unspecified atom stereocenters. The van der Waals surface area contributed by atoms with E-state index in [-0.39, 0.29) is 11.1 Å². The Labute approximate surface area is 222 Å². The number of urea groups is 2. The summed E-state index contributed by atoms with van der Waals surface area (Å²) in [6.45, 7) is 2.93. The molecule has 2 aliphatic rings. The minimum Gasteiger partial charge on any atom is -0.340 e. The van der Waals surface area contributed by atoms with Gasteiger partial charge < -0.3 is 4.57 Å². The second-order valence-corrected chi connectivity index (χ2v) is 9.36. The predicted molar refractivity (Wildman–Crippen MR) is 143 cm³/mol. The molecule has 11 heteroatoms.